The van der Waals surface area contributed by atoms with E-state index in [1.807, 2.05) is 6.07 Å². The van der Waals surface area contributed by atoms with Crippen LogP contribution in [0.1, 0.15) is 29.7 Å². The van der Waals surface area contributed by atoms with Crippen LogP contribution in [-0.4, -0.2) is 7.11 Å². The molecule has 0 aromatic heterocycles. The zero-order valence-corrected chi connectivity index (χ0v) is 12.3. The first-order valence-electron chi connectivity index (χ1n) is 6.69. The molecule has 0 heterocycles. The van der Waals surface area contributed by atoms with Crippen LogP contribution >= 0.6 is 0 Å². The number of hydrogen-bond donors (Lipinski definition) is 1. The summed E-state index contributed by atoms with van der Waals surface area (Å²) in [6.07, 6.45) is 0. The first kappa shape index (κ1) is 14.4. The van der Waals surface area contributed by atoms with Gasteiger partial charge in [0.1, 0.15) is 0 Å². The lowest BCUT2D eigenvalue weighted by molar-refractivity contribution is 0.385. The Morgan fingerprint density at radius 1 is 1.15 bits per heavy atom. The van der Waals surface area contributed by atoms with E-state index in [1.54, 1.807) is 12.1 Å². The van der Waals surface area contributed by atoms with Gasteiger partial charge in [-0.15, -0.1) is 0 Å². The number of halogens is 1. The second-order valence-corrected chi connectivity index (χ2v) is 5.01. The fraction of sp³-hybridized carbons (Fsp3) is 0.294. The lowest BCUT2D eigenvalue weighted by Crippen LogP contribution is -2.08. The predicted molar refractivity (Wildman–Crippen MR) is 80.9 cm³/mol. The molecule has 1 atom stereocenters. The summed E-state index contributed by atoms with van der Waals surface area (Å²) in [6, 6.07) is 11.2. The lowest BCUT2D eigenvalue weighted by atomic mass is 10.0. The molecule has 0 aliphatic heterocycles. The lowest BCUT2D eigenvalue weighted by Gasteiger charge is -2.19. The Kier molecular flexibility index (Phi) is 4.28. The molecule has 0 saturated carbocycles. The molecule has 106 valence electrons. The van der Waals surface area contributed by atoms with Crippen LogP contribution < -0.4 is 10.1 Å². The molecule has 0 spiro atoms. The average Bonchev–Trinajstić information content (AvgIpc) is 2.44. The Morgan fingerprint density at radius 3 is 2.60 bits per heavy atom. The molecule has 2 aromatic rings. The van der Waals surface area contributed by atoms with Gasteiger partial charge in [0.15, 0.2) is 11.6 Å². The van der Waals surface area contributed by atoms with Crippen LogP contribution in [0.25, 0.3) is 0 Å². The Hall–Kier alpha value is -2.03. The number of nitrogens with one attached hydrogen (secondary N) is 1. The molecule has 20 heavy (non-hydrogen) atoms. The highest BCUT2D eigenvalue weighted by molar-refractivity contribution is 5.55. The van der Waals surface area contributed by atoms with Crippen molar-refractivity contribution in [3.05, 3.63) is 58.9 Å². The molecule has 0 saturated heterocycles. The van der Waals surface area contributed by atoms with Gasteiger partial charge in [0.25, 0.3) is 0 Å². The van der Waals surface area contributed by atoms with Crippen LogP contribution in [0.3, 0.4) is 0 Å². The third-order valence-corrected chi connectivity index (χ3v) is 3.65. The van der Waals surface area contributed by atoms with Gasteiger partial charge >= 0.3 is 0 Å². The van der Waals surface area contributed by atoms with Crippen LogP contribution in [0.5, 0.6) is 5.75 Å². The molecule has 2 aromatic carbocycles. The van der Waals surface area contributed by atoms with Gasteiger partial charge in [0.05, 0.1) is 7.11 Å². The molecule has 0 radical (unpaired) electrons. The van der Waals surface area contributed by atoms with E-state index < -0.39 is 0 Å². The highest BCUT2D eigenvalue weighted by atomic mass is 19.1. The second-order valence-electron chi connectivity index (χ2n) is 5.01. The molecule has 2 rings (SSSR count). The molecular weight excluding hydrogens is 253 g/mol. The summed E-state index contributed by atoms with van der Waals surface area (Å²) in [5, 5.41) is 3.46. The van der Waals surface area contributed by atoms with Gasteiger partial charge < -0.3 is 10.1 Å². The van der Waals surface area contributed by atoms with Crippen molar-refractivity contribution in [2.75, 3.05) is 12.4 Å². The minimum atomic E-state index is -0.338. The zero-order valence-electron chi connectivity index (χ0n) is 12.3. The number of ether oxygens (including phenoxy) is 1. The second kappa shape index (κ2) is 5.95. The van der Waals surface area contributed by atoms with Crippen LogP contribution in [0, 0.1) is 19.7 Å². The quantitative estimate of drug-likeness (QED) is 0.877. The third-order valence-electron chi connectivity index (χ3n) is 3.65. The van der Waals surface area contributed by atoms with E-state index in [2.05, 4.69) is 38.2 Å². The summed E-state index contributed by atoms with van der Waals surface area (Å²) >= 11 is 0. The standard InChI is InChI=1S/C17H20FNO/c1-11-6-5-7-16(12(11)2)19-13(3)14-8-9-15(18)17(10-14)20-4/h5-10,13,19H,1-4H3. The zero-order chi connectivity index (χ0) is 14.7. The maximum absolute atomic E-state index is 13.4. The summed E-state index contributed by atoms with van der Waals surface area (Å²) in [5.74, 6) is -0.0627. The normalized spacial score (nSPS) is 12.1. The van der Waals surface area contributed by atoms with Crippen molar-refractivity contribution in [3.63, 3.8) is 0 Å². The first-order chi connectivity index (χ1) is 9.52. The van der Waals surface area contributed by atoms with E-state index in [1.165, 1.54) is 24.3 Å². The van der Waals surface area contributed by atoms with Crippen molar-refractivity contribution in [3.8, 4) is 5.75 Å². The van der Waals surface area contributed by atoms with E-state index in [-0.39, 0.29) is 17.6 Å². The van der Waals surface area contributed by atoms with E-state index >= 15 is 0 Å². The molecule has 0 fully saturated rings. The van der Waals surface area contributed by atoms with E-state index in [9.17, 15) is 4.39 Å². The smallest absolute Gasteiger partial charge is 0.165 e. The Labute approximate surface area is 119 Å². The first-order valence-corrected chi connectivity index (χ1v) is 6.69. The van der Waals surface area contributed by atoms with Crippen LogP contribution in [0.15, 0.2) is 36.4 Å². The van der Waals surface area contributed by atoms with Crippen LogP contribution in [0.4, 0.5) is 10.1 Å². The summed E-state index contributed by atoms with van der Waals surface area (Å²) in [5.41, 5.74) is 4.57. The molecule has 1 unspecified atom stereocenters. The fourth-order valence-corrected chi connectivity index (χ4v) is 2.17. The van der Waals surface area contributed by atoms with Gasteiger partial charge in [-0.2, -0.15) is 0 Å². The van der Waals surface area contributed by atoms with Crippen molar-refractivity contribution >= 4 is 5.69 Å². The molecule has 3 heteroatoms. The predicted octanol–water partition coefficient (Wildman–Crippen LogP) is 4.62. The van der Waals surface area contributed by atoms with Crippen LogP contribution in [0.2, 0.25) is 0 Å². The summed E-state index contributed by atoms with van der Waals surface area (Å²) < 4.78 is 18.5. The van der Waals surface area contributed by atoms with Crippen molar-refractivity contribution < 1.29 is 9.13 Å². The number of aryl methyl sites for hydroxylation is 1. The van der Waals surface area contributed by atoms with Crippen molar-refractivity contribution in [1.29, 1.82) is 0 Å². The maximum atomic E-state index is 13.4. The Bertz CT molecular complexity index is 610. The van der Waals surface area contributed by atoms with Gasteiger partial charge in [0.2, 0.25) is 0 Å². The summed E-state index contributed by atoms with van der Waals surface area (Å²) in [4.78, 5) is 0. The summed E-state index contributed by atoms with van der Waals surface area (Å²) in [7, 11) is 1.48. The third kappa shape index (κ3) is 2.93. The van der Waals surface area contributed by atoms with Gasteiger partial charge in [0, 0.05) is 11.7 Å². The molecule has 2 nitrogen and oxygen atoms in total. The fourth-order valence-electron chi connectivity index (χ4n) is 2.17. The van der Waals surface area contributed by atoms with E-state index in [0.717, 1.165) is 11.3 Å². The summed E-state index contributed by atoms with van der Waals surface area (Å²) in [6.45, 7) is 6.23. The Balaban J connectivity index is 2.24. The molecular formula is C17H20FNO. The van der Waals surface area contributed by atoms with Crippen molar-refractivity contribution in [2.45, 2.75) is 26.8 Å². The van der Waals surface area contributed by atoms with Crippen molar-refractivity contribution in [1.82, 2.24) is 0 Å². The molecule has 0 aliphatic carbocycles. The molecule has 0 bridgehead atoms. The molecule has 0 amide bonds. The van der Waals surface area contributed by atoms with Gasteiger partial charge in [-0.3, -0.25) is 0 Å². The molecule has 0 aliphatic rings. The monoisotopic (exact) mass is 273 g/mol. The van der Waals surface area contributed by atoms with Gasteiger partial charge in [-0.05, 0) is 55.7 Å². The molecule has 1 N–H and O–H groups in total. The number of methoxy groups -OCH3 is 1. The number of benzene rings is 2. The minimum Gasteiger partial charge on any atom is -0.494 e. The van der Waals surface area contributed by atoms with Crippen LogP contribution in [-0.2, 0) is 0 Å². The van der Waals surface area contributed by atoms with Gasteiger partial charge in [-0.25, -0.2) is 4.39 Å². The topological polar surface area (TPSA) is 21.3 Å². The maximum Gasteiger partial charge on any atom is 0.165 e. The van der Waals surface area contributed by atoms with Gasteiger partial charge in [-0.1, -0.05) is 18.2 Å². The van der Waals surface area contributed by atoms with Crippen molar-refractivity contribution in [2.24, 2.45) is 0 Å². The minimum absolute atomic E-state index is 0.0741. The van der Waals surface area contributed by atoms with E-state index in [0.29, 0.717) is 0 Å². The average molecular weight is 273 g/mol. The highest BCUT2D eigenvalue weighted by Gasteiger charge is 2.11. The van der Waals surface area contributed by atoms with E-state index in [4.69, 9.17) is 4.74 Å². The number of rotatable bonds is 4. The Morgan fingerprint density at radius 2 is 1.90 bits per heavy atom. The SMILES string of the molecule is COc1cc(C(C)Nc2cccc(C)c2C)ccc1F. The highest BCUT2D eigenvalue weighted by Crippen LogP contribution is 2.27. The number of hydrogen-bond acceptors (Lipinski definition) is 2. The largest absolute Gasteiger partial charge is 0.494 e. The number of anilines is 1.